The molecule has 0 saturated carbocycles. The zero-order chi connectivity index (χ0) is 28.1. The van der Waals surface area contributed by atoms with Gasteiger partial charge in [0.25, 0.3) is 5.91 Å². The normalized spacial score (nSPS) is 11.7. The maximum absolute atomic E-state index is 12.9. The van der Waals surface area contributed by atoms with Gasteiger partial charge in [-0.25, -0.2) is 19.3 Å². The number of carboxylic acid groups (broad SMARTS) is 1. The monoisotopic (exact) mass is 566 g/mol. The third-order valence-electron chi connectivity index (χ3n) is 5.73. The number of nitrogens with one attached hydrogen (secondary N) is 3. The highest BCUT2D eigenvalue weighted by atomic mass is 35.5. The second-order valence-corrected chi connectivity index (χ2v) is 9.73. The highest BCUT2D eigenvalue weighted by Gasteiger charge is 2.25. The Morgan fingerprint density at radius 2 is 1.90 bits per heavy atom. The Hall–Kier alpha value is -4.40. The Labute approximate surface area is 233 Å². The van der Waals surface area contributed by atoms with Crippen LogP contribution in [0.3, 0.4) is 0 Å². The van der Waals surface area contributed by atoms with E-state index in [2.05, 4.69) is 26.0 Å². The molecule has 13 heteroatoms. The third-order valence-corrected chi connectivity index (χ3v) is 6.28. The van der Waals surface area contributed by atoms with E-state index in [1.54, 1.807) is 50.4 Å². The minimum absolute atomic E-state index is 0.0333. The molecule has 0 aliphatic rings. The third kappa shape index (κ3) is 6.54. The summed E-state index contributed by atoms with van der Waals surface area (Å²) >= 11 is 12.5. The molecule has 1 aromatic carbocycles. The average molecular weight is 567 g/mol. The van der Waals surface area contributed by atoms with E-state index in [9.17, 15) is 14.7 Å². The molecule has 0 fully saturated rings. The first-order valence-corrected chi connectivity index (χ1v) is 12.6. The van der Waals surface area contributed by atoms with Gasteiger partial charge in [0.05, 0.1) is 22.5 Å². The number of aromatic nitrogens is 4. The molecule has 200 valence electrons. The van der Waals surface area contributed by atoms with Crippen molar-refractivity contribution in [2.75, 3.05) is 23.7 Å². The topological polar surface area (TPSA) is 157 Å². The molecule has 1 amide bonds. The van der Waals surface area contributed by atoms with Gasteiger partial charge in [-0.3, -0.25) is 4.79 Å². The van der Waals surface area contributed by atoms with Crippen LogP contribution in [0, 0.1) is 17.2 Å². The minimum Gasteiger partial charge on any atom is -0.480 e. The van der Waals surface area contributed by atoms with E-state index in [-0.39, 0.29) is 11.6 Å². The number of aliphatic carboxylic acids is 1. The van der Waals surface area contributed by atoms with E-state index in [4.69, 9.17) is 33.4 Å². The van der Waals surface area contributed by atoms with Crippen molar-refractivity contribution in [2.45, 2.75) is 19.9 Å². The SMILES string of the molecule is CC(C)C(NC(=O)c1cc2c(NCCNc3ccc(C#N)cn3)nc(-c3ccc(Cl)cc3Cl)cn2n1)C(=O)O. The first kappa shape index (κ1) is 27.6. The number of fused-ring (bicyclic) bond motifs is 1. The summed E-state index contributed by atoms with van der Waals surface area (Å²) in [7, 11) is 0. The number of carboxylic acids is 1. The average Bonchev–Trinajstić information content (AvgIpc) is 3.34. The van der Waals surface area contributed by atoms with Crippen LogP contribution in [0.1, 0.15) is 29.9 Å². The van der Waals surface area contributed by atoms with Crippen LogP contribution in [0.4, 0.5) is 11.6 Å². The van der Waals surface area contributed by atoms with E-state index in [1.165, 1.54) is 16.8 Å². The molecular weight excluding hydrogens is 543 g/mol. The molecule has 3 heterocycles. The fourth-order valence-corrected chi connectivity index (χ4v) is 4.23. The van der Waals surface area contributed by atoms with Crippen LogP contribution in [-0.2, 0) is 4.79 Å². The molecule has 4 rings (SSSR count). The van der Waals surface area contributed by atoms with Crippen molar-refractivity contribution in [1.29, 1.82) is 5.26 Å². The van der Waals surface area contributed by atoms with Crippen LogP contribution in [0.15, 0.2) is 48.8 Å². The van der Waals surface area contributed by atoms with Crippen molar-refractivity contribution in [3.05, 3.63) is 70.1 Å². The van der Waals surface area contributed by atoms with Crippen molar-refractivity contribution in [2.24, 2.45) is 5.92 Å². The lowest BCUT2D eigenvalue weighted by atomic mass is 10.0. The van der Waals surface area contributed by atoms with E-state index in [0.29, 0.717) is 57.1 Å². The molecule has 39 heavy (non-hydrogen) atoms. The molecule has 1 unspecified atom stereocenters. The summed E-state index contributed by atoms with van der Waals surface area (Å²) in [4.78, 5) is 33.4. The summed E-state index contributed by atoms with van der Waals surface area (Å²) < 4.78 is 1.49. The van der Waals surface area contributed by atoms with Crippen LogP contribution >= 0.6 is 23.2 Å². The van der Waals surface area contributed by atoms with E-state index in [0.717, 1.165) is 0 Å². The van der Waals surface area contributed by atoms with Crippen molar-refractivity contribution < 1.29 is 14.7 Å². The number of amides is 1. The van der Waals surface area contributed by atoms with Gasteiger partial charge in [-0.15, -0.1) is 0 Å². The molecule has 0 radical (unpaired) electrons. The van der Waals surface area contributed by atoms with Gasteiger partial charge in [-0.05, 0) is 36.2 Å². The van der Waals surface area contributed by atoms with Crippen molar-refractivity contribution in [3.8, 4) is 17.3 Å². The highest BCUT2D eigenvalue weighted by Crippen LogP contribution is 2.31. The molecule has 0 aliphatic carbocycles. The van der Waals surface area contributed by atoms with Gasteiger partial charge in [0, 0.05) is 35.9 Å². The molecule has 3 aromatic heterocycles. The predicted octanol–water partition coefficient (Wildman–Crippen LogP) is 4.33. The van der Waals surface area contributed by atoms with Crippen LogP contribution in [0.25, 0.3) is 16.8 Å². The number of carbonyl (C=O) groups excluding carboxylic acids is 1. The highest BCUT2D eigenvalue weighted by molar-refractivity contribution is 6.36. The van der Waals surface area contributed by atoms with Gasteiger partial charge in [0.2, 0.25) is 0 Å². The maximum Gasteiger partial charge on any atom is 0.326 e. The smallest absolute Gasteiger partial charge is 0.326 e. The Bertz CT molecular complexity index is 1560. The number of nitriles is 1. The quantitative estimate of drug-likeness (QED) is 0.205. The Morgan fingerprint density at radius 1 is 1.13 bits per heavy atom. The Kier molecular flexibility index (Phi) is 8.49. The molecule has 4 N–H and O–H groups in total. The number of carbonyl (C=O) groups is 2. The zero-order valence-electron chi connectivity index (χ0n) is 20.9. The van der Waals surface area contributed by atoms with Crippen LogP contribution in [0.5, 0.6) is 0 Å². The number of rotatable bonds is 10. The second-order valence-electron chi connectivity index (χ2n) is 8.89. The molecule has 11 nitrogen and oxygen atoms in total. The molecule has 4 aromatic rings. The number of anilines is 2. The van der Waals surface area contributed by atoms with Crippen LogP contribution < -0.4 is 16.0 Å². The largest absolute Gasteiger partial charge is 0.480 e. The lowest BCUT2D eigenvalue weighted by molar-refractivity contribution is -0.140. The Balaban J connectivity index is 1.62. The van der Waals surface area contributed by atoms with Crippen molar-refractivity contribution in [3.63, 3.8) is 0 Å². The fourth-order valence-electron chi connectivity index (χ4n) is 3.72. The van der Waals surface area contributed by atoms with Gasteiger partial charge in [0.15, 0.2) is 11.5 Å². The van der Waals surface area contributed by atoms with Crippen molar-refractivity contribution >= 4 is 52.2 Å². The lowest BCUT2D eigenvalue weighted by Gasteiger charge is -2.16. The summed E-state index contributed by atoms with van der Waals surface area (Å²) in [6, 6.07) is 10.9. The number of pyridine rings is 1. The van der Waals surface area contributed by atoms with Crippen LogP contribution in [0.2, 0.25) is 10.0 Å². The van der Waals surface area contributed by atoms with Crippen LogP contribution in [-0.4, -0.2) is 55.7 Å². The van der Waals surface area contributed by atoms with E-state index in [1.807, 2.05) is 6.07 Å². The zero-order valence-corrected chi connectivity index (χ0v) is 22.5. The van der Waals surface area contributed by atoms with Gasteiger partial charge < -0.3 is 21.1 Å². The molecule has 1 atom stereocenters. The van der Waals surface area contributed by atoms with Gasteiger partial charge in [-0.2, -0.15) is 10.4 Å². The number of benzene rings is 1. The van der Waals surface area contributed by atoms with E-state index >= 15 is 0 Å². The Morgan fingerprint density at radius 3 is 2.54 bits per heavy atom. The molecule has 0 bridgehead atoms. The number of halogens is 2. The summed E-state index contributed by atoms with van der Waals surface area (Å²) in [6.07, 6.45) is 3.11. The minimum atomic E-state index is -1.13. The van der Waals surface area contributed by atoms with Gasteiger partial charge >= 0.3 is 5.97 Å². The molecular formula is C26H24Cl2N8O3. The first-order chi connectivity index (χ1) is 18.7. The molecule has 0 saturated heterocycles. The van der Waals surface area contributed by atoms with E-state index < -0.39 is 17.9 Å². The summed E-state index contributed by atoms with van der Waals surface area (Å²) in [6.45, 7) is 4.30. The summed E-state index contributed by atoms with van der Waals surface area (Å²) in [5.41, 5.74) is 2.09. The standard InChI is InChI=1S/C26H24Cl2N8O3/c1-14(2)23(26(38)39)34-25(37)19-10-21-24(31-8-7-30-22-6-3-15(11-29)12-32-22)33-20(13-36(21)35-19)17-5-4-16(27)9-18(17)28/h3-6,9-10,12-14,23H,7-8H2,1-2H3,(H,30,32)(H,31,33)(H,34,37)(H,38,39). The number of nitrogens with zero attached hydrogens (tertiary/aromatic N) is 5. The van der Waals surface area contributed by atoms with Gasteiger partial charge in [-0.1, -0.05) is 37.0 Å². The summed E-state index contributed by atoms with van der Waals surface area (Å²) in [5, 5.41) is 32.5. The lowest BCUT2D eigenvalue weighted by Crippen LogP contribution is -2.44. The molecule has 0 aliphatic heterocycles. The number of hydrogen-bond donors (Lipinski definition) is 4. The fraction of sp³-hybridized carbons (Fsp3) is 0.231. The number of hydrogen-bond acceptors (Lipinski definition) is 8. The first-order valence-electron chi connectivity index (χ1n) is 11.9. The molecule has 0 spiro atoms. The van der Waals surface area contributed by atoms with Gasteiger partial charge in [0.1, 0.15) is 23.4 Å². The second kappa shape index (κ2) is 12.0. The summed E-state index contributed by atoms with van der Waals surface area (Å²) in [5.74, 6) is -1.03. The predicted molar refractivity (Wildman–Crippen MR) is 148 cm³/mol. The van der Waals surface area contributed by atoms with Crippen molar-refractivity contribution in [1.82, 2.24) is 24.9 Å². The maximum atomic E-state index is 12.9.